The second-order valence-corrected chi connectivity index (χ2v) is 4.86. The molecule has 0 saturated carbocycles. The molecule has 18 heavy (non-hydrogen) atoms. The number of rotatable bonds is 3. The molecule has 0 atom stereocenters. The van der Waals surface area contributed by atoms with E-state index >= 15 is 0 Å². The zero-order valence-corrected chi connectivity index (χ0v) is 11.1. The smallest absolute Gasteiger partial charge is 0.275 e. The molecular weight excluding hydrogens is 248 g/mol. The maximum Gasteiger partial charge on any atom is 0.275 e. The van der Waals surface area contributed by atoms with Gasteiger partial charge in [-0.3, -0.25) is 10.1 Å². The summed E-state index contributed by atoms with van der Waals surface area (Å²) in [5, 5.41) is 3.40. The Kier molecular flexibility index (Phi) is 4.04. The largest absolute Gasteiger partial charge is 0.497 e. The molecule has 0 aliphatic carbocycles. The molecule has 4 nitrogen and oxygen atoms in total. The molecule has 1 aromatic carbocycles. The second kappa shape index (κ2) is 5.73. The summed E-state index contributed by atoms with van der Waals surface area (Å²) in [5.74, 6) is 1.52. The number of carbonyl (C=O) groups excluding carboxylic acids is 1. The van der Waals surface area contributed by atoms with Gasteiger partial charge in [0.15, 0.2) is 5.17 Å². The molecule has 1 amide bonds. The van der Waals surface area contributed by atoms with Gasteiger partial charge in [0.25, 0.3) is 5.91 Å². The molecule has 1 aliphatic heterocycles. The summed E-state index contributed by atoms with van der Waals surface area (Å²) >= 11 is 1.52. The van der Waals surface area contributed by atoms with Gasteiger partial charge in [0.2, 0.25) is 0 Å². The fraction of sp³-hybridized carbons (Fsp3) is 0.231. The Morgan fingerprint density at radius 1 is 1.39 bits per heavy atom. The fourth-order valence-electron chi connectivity index (χ4n) is 1.51. The topological polar surface area (TPSA) is 50.7 Å². The SMILES string of the molecule is CCSC1=NC(=Cc2ccc(OC)cc2)C(=O)N1. The standard InChI is InChI=1S/C13H14N2O2S/c1-3-18-13-14-11(12(16)15-13)8-9-4-6-10(17-2)7-5-9/h4-8H,3H2,1-2H3,(H,14,15,16). The Bertz CT molecular complexity index is 506. The number of amides is 1. The van der Waals surface area contributed by atoms with Crippen LogP contribution in [-0.4, -0.2) is 23.9 Å². The lowest BCUT2D eigenvalue weighted by molar-refractivity contribution is -0.115. The van der Waals surface area contributed by atoms with Crippen molar-refractivity contribution >= 4 is 28.9 Å². The molecule has 1 aromatic rings. The van der Waals surface area contributed by atoms with Crippen LogP contribution in [0.2, 0.25) is 0 Å². The molecule has 94 valence electrons. The van der Waals surface area contributed by atoms with E-state index < -0.39 is 0 Å². The molecule has 0 bridgehead atoms. The Labute approximate surface area is 110 Å². The van der Waals surface area contributed by atoms with Crippen molar-refractivity contribution in [2.75, 3.05) is 12.9 Å². The number of nitrogens with one attached hydrogen (secondary N) is 1. The number of hydrogen-bond donors (Lipinski definition) is 1. The highest BCUT2D eigenvalue weighted by Gasteiger charge is 2.19. The molecule has 0 radical (unpaired) electrons. The van der Waals surface area contributed by atoms with Gasteiger partial charge < -0.3 is 4.74 Å². The number of methoxy groups -OCH3 is 1. The zero-order valence-electron chi connectivity index (χ0n) is 10.3. The van der Waals surface area contributed by atoms with Crippen LogP contribution in [0.5, 0.6) is 5.75 Å². The van der Waals surface area contributed by atoms with E-state index in [-0.39, 0.29) is 5.91 Å². The summed E-state index contributed by atoms with van der Waals surface area (Å²) in [6, 6.07) is 7.48. The van der Waals surface area contributed by atoms with Gasteiger partial charge in [0, 0.05) is 0 Å². The number of hydrogen-bond acceptors (Lipinski definition) is 4. The average Bonchev–Trinajstić information content (AvgIpc) is 2.71. The van der Waals surface area contributed by atoms with Gasteiger partial charge in [0.1, 0.15) is 11.4 Å². The minimum absolute atomic E-state index is 0.151. The van der Waals surface area contributed by atoms with E-state index in [1.54, 1.807) is 13.2 Å². The lowest BCUT2D eigenvalue weighted by Crippen LogP contribution is -2.21. The molecule has 0 unspecified atom stereocenters. The summed E-state index contributed by atoms with van der Waals surface area (Å²) in [6.07, 6.45) is 1.76. The van der Waals surface area contributed by atoms with E-state index in [0.717, 1.165) is 17.1 Å². The molecule has 1 N–H and O–H groups in total. The van der Waals surface area contributed by atoms with Crippen molar-refractivity contribution < 1.29 is 9.53 Å². The van der Waals surface area contributed by atoms with Crippen LogP contribution in [0.1, 0.15) is 12.5 Å². The van der Waals surface area contributed by atoms with Crippen LogP contribution in [0.3, 0.4) is 0 Å². The van der Waals surface area contributed by atoms with Gasteiger partial charge >= 0.3 is 0 Å². The van der Waals surface area contributed by atoms with Crippen LogP contribution in [0.25, 0.3) is 6.08 Å². The number of amidine groups is 1. The molecule has 1 heterocycles. The maximum atomic E-state index is 11.7. The van der Waals surface area contributed by atoms with Crippen molar-refractivity contribution in [1.82, 2.24) is 5.32 Å². The first-order valence-electron chi connectivity index (χ1n) is 5.61. The van der Waals surface area contributed by atoms with E-state index in [9.17, 15) is 4.79 Å². The predicted octanol–water partition coefficient (Wildman–Crippen LogP) is 2.27. The number of thioether (sulfide) groups is 1. The summed E-state index contributed by atoms with van der Waals surface area (Å²) in [6.45, 7) is 2.02. The van der Waals surface area contributed by atoms with Crippen molar-refractivity contribution in [2.24, 2.45) is 4.99 Å². The third kappa shape index (κ3) is 2.92. The molecular formula is C13H14N2O2S. The van der Waals surface area contributed by atoms with Crippen molar-refractivity contribution in [3.05, 3.63) is 35.5 Å². The van der Waals surface area contributed by atoms with Gasteiger partial charge in [-0.25, -0.2) is 4.99 Å². The summed E-state index contributed by atoms with van der Waals surface area (Å²) in [7, 11) is 1.62. The molecule has 5 heteroatoms. The number of carbonyl (C=O) groups is 1. The lowest BCUT2D eigenvalue weighted by atomic mass is 10.2. The van der Waals surface area contributed by atoms with E-state index in [1.165, 1.54) is 11.8 Å². The van der Waals surface area contributed by atoms with Crippen molar-refractivity contribution in [2.45, 2.75) is 6.92 Å². The quantitative estimate of drug-likeness (QED) is 0.850. The average molecular weight is 262 g/mol. The van der Waals surface area contributed by atoms with Gasteiger partial charge in [0.05, 0.1) is 7.11 Å². The molecule has 1 aliphatic rings. The van der Waals surface area contributed by atoms with Crippen LogP contribution in [0.15, 0.2) is 35.0 Å². The Morgan fingerprint density at radius 2 is 2.11 bits per heavy atom. The highest BCUT2D eigenvalue weighted by molar-refractivity contribution is 8.13. The van der Waals surface area contributed by atoms with E-state index in [4.69, 9.17) is 4.74 Å². The first kappa shape index (κ1) is 12.7. The minimum Gasteiger partial charge on any atom is -0.497 e. The van der Waals surface area contributed by atoms with Crippen molar-refractivity contribution in [1.29, 1.82) is 0 Å². The van der Waals surface area contributed by atoms with Gasteiger partial charge in [-0.1, -0.05) is 30.8 Å². The molecule has 0 aromatic heterocycles. The number of ether oxygens (including phenoxy) is 1. The van der Waals surface area contributed by atoms with Crippen LogP contribution in [-0.2, 0) is 4.79 Å². The van der Waals surface area contributed by atoms with Crippen molar-refractivity contribution in [3.63, 3.8) is 0 Å². The number of nitrogens with zero attached hydrogens (tertiary/aromatic N) is 1. The highest BCUT2D eigenvalue weighted by Crippen LogP contribution is 2.18. The minimum atomic E-state index is -0.151. The van der Waals surface area contributed by atoms with E-state index in [0.29, 0.717) is 10.9 Å². The molecule has 0 fully saturated rings. The van der Waals surface area contributed by atoms with Crippen LogP contribution in [0.4, 0.5) is 0 Å². The summed E-state index contributed by atoms with van der Waals surface area (Å²) in [5.41, 5.74) is 1.36. The third-order valence-corrected chi connectivity index (χ3v) is 3.13. The van der Waals surface area contributed by atoms with E-state index in [1.807, 2.05) is 31.2 Å². The Morgan fingerprint density at radius 3 is 2.72 bits per heavy atom. The third-order valence-electron chi connectivity index (χ3n) is 2.38. The summed E-state index contributed by atoms with van der Waals surface area (Å²) in [4.78, 5) is 15.9. The number of aliphatic imine (C=N–C) groups is 1. The second-order valence-electron chi connectivity index (χ2n) is 3.61. The van der Waals surface area contributed by atoms with Gasteiger partial charge in [-0.05, 0) is 29.5 Å². The van der Waals surface area contributed by atoms with Gasteiger partial charge in [-0.15, -0.1) is 0 Å². The zero-order chi connectivity index (χ0) is 13.0. The first-order chi connectivity index (χ1) is 8.72. The molecule has 2 rings (SSSR count). The van der Waals surface area contributed by atoms with Crippen LogP contribution >= 0.6 is 11.8 Å². The predicted molar refractivity (Wildman–Crippen MR) is 74.7 cm³/mol. The van der Waals surface area contributed by atoms with Crippen LogP contribution in [0, 0.1) is 0 Å². The van der Waals surface area contributed by atoms with E-state index in [2.05, 4.69) is 10.3 Å². The maximum absolute atomic E-state index is 11.7. The highest BCUT2D eigenvalue weighted by atomic mass is 32.2. The van der Waals surface area contributed by atoms with Gasteiger partial charge in [-0.2, -0.15) is 0 Å². The first-order valence-corrected chi connectivity index (χ1v) is 6.60. The Balaban J connectivity index is 2.19. The van der Waals surface area contributed by atoms with Crippen LogP contribution < -0.4 is 10.1 Å². The lowest BCUT2D eigenvalue weighted by Gasteiger charge is -1.99. The summed E-state index contributed by atoms with van der Waals surface area (Å²) < 4.78 is 5.08. The number of benzene rings is 1. The van der Waals surface area contributed by atoms with Crippen molar-refractivity contribution in [3.8, 4) is 5.75 Å². The molecule has 0 saturated heterocycles. The monoisotopic (exact) mass is 262 g/mol. The fourth-order valence-corrected chi connectivity index (χ4v) is 2.11. The Hall–Kier alpha value is -1.75. The normalized spacial score (nSPS) is 16.7. The molecule has 0 spiro atoms.